The van der Waals surface area contributed by atoms with E-state index in [9.17, 15) is 0 Å². The van der Waals surface area contributed by atoms with Crippen LogP contribution in [0.5, 0.6) is 11.5 Å². The van der Waals surface area contributed by atoms with Gasteiger partial charge in [0.15, 0.2) is 11.5 Å². The molecule has 1 aliphatic rings. The van der Waals surface area contributed by atoms with Gasteiger partial charge in [-0.3, -0.25) is 0 Å². The Bertz CT molecular complexity index is 415. The van der Waals surface area contributed by atoms with Crippen LogP contribution in [0.15, 0.2) is 18.2 Å². The highest BCUT2D eigenvalue weighted by atomic mass is 16.6. The van der Waals surface area contributed by atoms with E-state index in [2.05, 4.69) is 38.2 Å². The lowest BCUT2D eigenvalue weighted by Gasteiger charge is -2.34. The summed E-state index contributed by atoms with van der Waals surface area (Å²) in [5.41, 5.74) is 1.46. The van der Waals surface area contributed by atoms with E-state index in [-0.39, 0.29) is 5.41 Å². The summed E-state index contributed by atoms with van der Waals surface area (Å²) in [6.07, 6.45) is 1.12. The molecule has 1 N–H and O–H groups in total. The van der Waals surface area contributed by atoms with Gasteiger partial charge in [0.2, 0.25) is 0 Å². The number of hydrogen-bond donors (Lipinski definition) is 1. The summed E-state index contributed by atoms with van der Waals surface area (Å²) in [6.45, 7) is 8.07. The minimum atomic E-state index is 0.207. The number of benzene rings is 1. The van der Waals surface area contributed by atoms with Crippen LogP contribution in [-0.4, -0.2) is 20.3 Å². The van der Waals surface area contributed by atoms with E-state index in [1.807, 2.05) is 13.1 Å². The minimum Gasteiger partial charge on any atom is -0.486 e. The average Bonchev–Trinajstić information content (AvgIpc) is 2.39. The fraction of sp³-hybridized carbons (Fsp3) is 0.600. The Balaban J connectivity index is 2.32. The van der Waals surface area contributed by atoms with E-state index in [1.54, 1.807) is 0 Å². The molecule has 0 spiro atoms. The molecule has 1 atom stereocenters. The van der Waals surface area contributed by atoms with Gasteiger partial charge in [-0.1, -0.05) is 26.8 Å². The molecule has 0 fully saturated rings. The van der Waals surface area contributed by atoms with E-state index in [4.69, 9.17) is 9.47 Å². The number of hydrogen-bond acceptors (Lipinski definition) is 3. The first-order chi connectivity index (χ1) is 8.58. The van der Waals surface area contributed by atoms with Crippen LogP contribution in [0.25, 0.3) is 0 Å². The summed E-state index contributed by atoms with van der Waals surface area (Å²) >= 11 is 0. The Hall–Kier alpha value is -1.22. The second-order valence-corrected chi connectivity index (χ2v) is 5.47. The van der Waals surface area contributed by atoms with Crippen molar-refractivity contribution in [3.05, 3.63) is 23.8 Å². The number of ether oxygens (including phenoxy) is 2. The lowest BCUT2D eigenvalue weighted by atomic mass is 9.78. The molecule has 3 heteroatoms. The van der Waals surface area contributed by atoms with Crippen molar-refractivity contribution in [2.24, 2.45) is 5.41 Å². The van der Waals surface area contributed by atoms with Gasteiger partial charge in [0, 0.05) is 6.04 Å². The van der Waals surface area contributed by atoms with Crippen LogP contribution in [0.1, 0.15) is 38.8 Å². The highest BCUT2D eigenvalue weighted by Gasteiger charge is 2.28. The van der Waals surface area contributed by atoms with Crippen molar-refractivity contribution in [3.8, 4) is 11.5 Å². The molecule has 18 heavy (non-hydrogen) atoms. The van der Waals surface area contributed by atoms with Crippen LogP contribution in [-0.2, 0) is 0 Å². The average molecular weight is 249 g/mol. The molecule has 100 valence electrons. The fourth-order valence-electron chi connectivity index (χ4n) is 2.45. The number of nitrogens with one attached hydrogen (secondary N) is 1. The molecule has 0 saturated heterocycles. The SMILES string of the molecule is CCC(C)(C)C(NC)c1ccc2c(c1)OCCO2. The van der Waals surface area contributed by atoms with Crippen molar-refractivity contribution < 1.29 is 9.47 Å². The Kier molecular flexibility index (Phi) is 3.81. The Morgan fingerprint density at radius 1 is 1.22 bits per heavy atom. The standard InChI is InChI=1S/C15H23NO2/c1-5-15(2,3)14(16-4)11-6-7-12-13(10-11)18-9-8-17-12/h6-7,10,14,16H,5,8-9H2,1-4H3. The van der Waals surface area contributed by atoms with Crippen molar-refractivity contribution >= 4 is 0 Å². The first kappa shape index (κ1) is 13.2. The van der Waals surface area contributed by atoms with Crippen LogP contribution >= 0.6 is 0 Å². The van der Waals surface area contributed by atoms with E-state index < -0.39 is 0 Å². The lowest BCUT2D eigenvalue weighted by Crippen LogP contribution is -2.31. The quantitative estimate of drug-likeness (QED) is 0.889. The molecular weight excluding hydrogens is 226 g/mol. The molecule has 0 amide bonds. The molecule has 0 saturated carbocycles. The fourth-order valence-corrected chi connectivity index (χ4v) is 2.45. The van der Waals surface area contributed by atoms with Gasteiger partial charge in [-0.15, -0.1) is 0 Å². The molecule has 2 rings (SSSR count). The summed E-state index contributed by atoms with van der Waals surface area (Å²) in [6, 6.07) is 6.57. The van der Waals surface area contributed by atoms with Gasteiger partial charge >= 0.3 is 0 Å². The molecule has 0 bridgehead atoms. The predicted molar refractivity (Wildman–Crippen MR) is 73.3 cm³/mol. The van der Waals surface area contributed by atoms with Crippen molar-refractivity contribution in [2.45, 2.75) is 33.2 Å². The molecule has 1 unspecified atom stereocenters. The van der Waals surface area contributed by atoms with E-state index in [0.29, 0.717) is 19.3 Å². The highest BCUT2D eigenvalue weighted by Crippen LogP contribution is 2.39. The number of fused-ring (bicyclic) bond motifs is 1. The topological polar surface area (TPSA) is 30.5 Å². The Labute approximate surface area is 109 Å². The summed E-state index contributed by atoms with van der Waals surface area (Å²) in [7, 11) is 2.01. The summed E-state index contributed by atoms with van der Waals surface area (Å²) in [5, 5.41) is 3.42. The zero-order valence-corrected chi connectivity index (χ0v) is 11.7. The monoisotopic (exact) mass is 249 g/mol. The molecule has 1 aromatic carbocycles. The van der Waals surface area contributed by atoms with Crippen LogP contribution in [0.2, 0.25) is 0 Å². The third-order valence-electron chi connectivity index (χ3n) is 3.88. The van der Waals surface area contributed by atoms with Gasteiger partial charge in [0.25, 0.3) is 0 Å². The van der Waals surface area contributed by atoms with Gasteiger partial charge in [-0.25, -0.2) is 0 Å². The van der Waals surface area contributed by atoms with Crippen LogP contribution in [0, 0.1) is 5.41 Å². The first-order valence-electron chi connectivity index (χ1n) is 6.65. The molecule has 1 aromatic rings. The van der Waals surface area contributed by atoms with Gasteiger partial charge in [0.05, 0.1) is 0 Å². The van der Waals surface area contributed by atoms with Gasteiger partial charge in [0.1, 0.15) is 13.2 Å². The maximum atomic E-state index is 5.65. The zero-order valence-electron chi connectivity index (χ0n) is 11.7. The van der Waals surface area contributed by atoms with Crippen molar-refractivity contribution in [2.75, 3.05) is 20.3 Å². The first-order valence-corrected chi connectivity index (χ1v) is 6.65. The molecular formula is C15H23NO2. The second-order valence-electron chi connectivity index (χ2n) is 5.47. The lowest BCUT2D eigenvalue weighted by molar-refractivity contribution is 0.170. The Morgan fingerprint density at radius 2 is 1.89 bits per heavy atom. The zero-order chi connectivity index (χ0) is 13.2. The highest BCUT2D eigenvalue weighted by molar-refractivity contribution is 5.45. The number of rotatable bonds is 4. The molecule has 3 nitrogen and oxygen atoms in total. The molecule has 0 aromatic heterocycles. The van der Waals surface area contributed by atoms with Crippen LogP contribution < -0.4 is 14.8 Å². The molecule has 0 aliphatic carbocycles. The molecule has 1 aliphatic heterocycles. The maximum Gasteiger partial charge on any atom is 0.161 e. The van der Waals surface area contributed by atoms with Crippen molar-refractivity contribution in [3.63, 3.8) is 0 Å². The van der Waals surface area contributed by atoms with Gasteiger partial charge < -0.3 is 14.8 Å². The van der Waals surface area contributed by atoms with E-state index >= 15 is 0 Å². The summed E-state index contributed by atoms with van der Waals surface area (Å²) < 4.78 is 11.2. The van der Waals surface area contributed by atoms with Crippen LogP contribution in [0.4, 0.5) is 0 Å². The minimum absolute atomic E-state index is 0.207. The smallest absolute Gasteiger partial charge is 0.161 e. The second kappa shape index (κ2) is 5.19. The van der Waals surface area contributed by atoms with Gasteiger partial charge in [-0.05, 0) is 36.6 Å². The summed E-state index contributed by atoms with van der Waals surface area (Å²) in [5.74, 6) is 1.72. The van der Waals surface area contributed by atoms with E-state index in [1.165, 1.54) is 5.56 Å². The maximum absolute atomic E-state index is 5.65. The Morgan fingerprint density at radius 3 is 2.50 bits per heavy atom. The van der Waals surface area contributed by atoms with Gasteiger partial charge in [-0.2, -0.15) is 0 Å². The summed E-state index contributed by atoms with van der Waals surface area (Å²) in [4.78, 5) is 0. The van der Waals surface area contributed by atoms with E-state index in [0.717, 1.165) is 17.9 Å². The van der Waals surface area contributed by atoms with Crippen LogP contribution in [0.3, 0.4) is 0 Å². The normalized spacial score (nSPS) is 16.4. The molecule has 0 radical (unpaired) electrons. The molecule has 1 heterocycles. The predicted octanol–water partition coefficient (Wildman–Crippen LogP) is 3.15. The van der Waals surface area contributed by atoms with Crippen molar-refractivity contribution in [1.29, 1.82) is 0 Å². The third-order valence-corrected chi connectivity index (χ3v) is 3.88. The largest absolute Gasteiger partial charge is 0.486 e. The van der Waals surface area contributed by atoms with Crippen molar-refractivity contribution in [1.82, 2.24) is 5.32 Å². The third kappa shape index (κ3) is 2.46.